The molecule has 0 amide bonds. The third-order valence-electron chi connectivity index (χ3n) is 1.91. The predicted molar refractivity (Wildman–Crippen MR) is 63.0 cm³/mol. The Morgan fingerprint density at radius 3 is 2.53 bits per heavy atom. The molecule has 1 aromatic carbocycles. The summed E-state index contributed by atoms with van der Waals surface area (Å²) in [5.74, 6) is 6.52. The standard InChI is InChI=1S/C10H9BrN4/c11-8-3-1-7(2-4-8)10-13-6-5-9(14-10)15-12/h1-6H,12H2,(H,13,14,15). The van der Waals surface area contributed by atoms with Gasteiger partial charge in [0.1, 0.15) is 5.82 Å². The van der Waals surface area contributed by atoms with E-state index in [0.29, 0.717) is 11.6 Å². The van der Waals surface area contributed by atoms with Gasteiger partial charge >= 0.3 is 0 Å². The number of aromatic nitrogens is 2. The average molecular weight is 265 g/mol. The average Bonchev–Trinajstić information content (AvgIpc) is 2.30. The molecule has 15 heavy (non-hydrogen) atoms. The second-order valence-corrected chi connectivity index (χ2v) is 3.83. The third kappa shape index (κ3) is 2.31. The molecule has 76 valence electrons. The minimum atomic E-state index is 0.600. The third-order valence-corrected chi connectivity index (χ3v) is 2.43. The van der Waals surface area contributed by atoms with E-state index in [1.807, 2.05) is 24.3 Å². The molecule has 0 saturated heterocycles. The fourth-order valence-electron chi connectivity index (χ4n) is 1.18. The van der Waals surface area contributed by atoms with E-state index in [0.717, 1.165) is 10.0 Å². The number of hydrogen-bond donors (Lipinski definition) is 2. The Bertz CT molecular complexity index is 455. The van der Waals surface area contributed by atoms with Crippen LogP contribution in [0.15, 0.2) is 41.0 Å². The summed E-state index contributed by atoms with van der Waals surface area (Å²) in [5, 5.41) is 0. The van der Waals surface area contributed by atoms with Gasteiger partial charge in [-0.05, 0) is 12.1 Å². The lowest BCUT2D eigenvalue weighted by Gasteiger charge is -2.02. The van der Waals surface area contributed by atoms with Crippen LogP contribution in [0.2, 0.25) is 0 Å². The Morgan fingerprint density at radius 1 is 1.13 bits per heavy atom. The summed E-state index contributed by atoms with van der Waals surface area (Å²) in [5.41, 5.74) is 3.44. The smallest absolute Gasteiger partial charge is 0.161 e. The number of nitrogens with two attached hydrogens (primary N) is 1. The molecule has 0 aliphatic carbocycles. The van der Waals surface area contributed by atoms with Crippen molar-refractivity contribution in [1.82, 2.24) is 9.97 Å². The van der Waals surface area contributed by atoms with Crippen LogP contribution in [0, 0.1) is 0 Å². The maximum Gasteiger partial charge on any atom is 0.161 e. The predicted octanol–water partition coefficient (Wildman–Crippen LogP) is 2.19. The molecule has 4 nitrogen and oxygen atoms in total. The molecule has 0 bridgehead atoms. The van der Waals surface area contributed by atoms with Gasteiger partial charge in [-0.2, -0.15) is 0 Å². The summed E-state index contributed by atoms with van der Waals surface area (Å²) in [4.78, 5) is 8.39. The van der Waals surface area contributed by atoms with Gasteiger partial charge in [0.2, 0.25) is 0 Å². The molecule has 2 aromatic rings. The largest absolute Gasteiger partial charge is 0.308 e. The summed E-state index contributed by atoms with van der Waals surface area (Å²) in [6.45, 7) is 0. The first-order chi connectivity index (χ1) is 7.29. The fourth-order valence-corrected chi connectivity index (χ4v) is 1.44. The van der Waals surface area contributed by atoms with Crippen LogP contribution in [0.25, 0.3) is 11.4 Å². The van der Waals surface area contributed by atoms with Gasteiger partial charge in [-0.3, -0.25) is 0 Å². The number of benzene rings is 1. The van der Waals surface area contributed by atoms with Crippen molar-refractivity contribution in [2.24, 2.45) is 5.84 Å². The number of nitrogens with zero attached hydrogens (tertiary/aromatic N) is 2. The number of nitrogen functional groups attached to an aromatic ring is 1. The Labute approximate surface area is 95.7 Å². The van der Waals surface area contributed by atoms with Gasteiger partial charge < -0.3 is 5.43 Å². The lowest BCUT2D eigenvalue weighted by molar-refractivity contribution is 1.14. The van der Waals surface area contributed by atoms with Crippen LogP contribution in [0.4, 0.5) is 5.82 Å². The second-order valence-electron chi connectivity index (χ2n) is 2.92. The van der Waals surface area contributed by atoms with Crippen molar-refractivity contribution in [1.29, 1.82) is 0 Å². The van der Waals surface area contributed by atoms with Crippen LogP contribution in [0.3, 0.4) is 0 Å². The van der Waals surface area contributed by atoms with Crippen molar-refractivity contribution in [2.45, 2.75) is 0 Å². The Hall–Kier alpha value is -1.46. The van der Waals surface area contributed by atoms with Crippen molar-refractivity contribution in [3.8, 4) is 11.4 Å². The number of hydrazine groups is 1. The van der Waals surface area contributed by atoms with Crippen molar-refractivity contribution < 1.29 is 0 Å². The molecule has 3 N–H and O–H groups in total. The summed E-state index contributed by atoms with van der Waals surface area (Å²) in [6, 6.07) is 9.49. The summed E-state index contributed by atoms with van der Waals surface area (Å²) in [6.07, 6.45) is 1.67. The molecule has 1 aromatic heterocycles. The Balaban J connectivity index is 2.40. The molecular weight excluding hydrogens is 256 g/mol. The molecule has 0 aliphatic heterocycles. The number of halogens is 1. The number of anilines is 1. The van der Waals surface area contributed by atoms with E-state index in [9.17, 15) is 0 Å². The number of nitrogens with one attached hydrogen (secondary N) is 1. The Morgan fingerprint density at radius 2 is 1.87 bits per heavy atom. The van der Waals surface area contributed by atoms with Gasteiger partial charge in [-0.15, -0.1) is 0 Å². The van der Waals surface area contributed by atoms with Crippen LogP contribution in [-0.4, -0.2) is 9.97 Å². The summed E-state index contributed by atoms with van der Waals surface area (Å²) < 4.78 is 1.03. The molecule has 0 atom stereocenters. The van der Waals surface area contributed by atoms with Crippen molar-refractivity contribution in [3.05, 3.63) is 41.0 Å². The quantitative estimate of drug-likeness (QED) is 0.645. The maximum atomic E-state index is 5.27. The molecule has 5 heteroatoms. The van der Waals surface area contributed by atoms with Gasteiger partial charge in [0.05, 0.1) is 0 Å². The van der Waals surface area contributed by atoms with Crippen molar-refractivity contribution >= 4 is 21.7 Å². The molecule has 0 saturated carbocycles. The van der Waals surface area contributed by atoms with E-state index < -0.39 is 0 Å². The van der Waals surface area contributed by atoms with Crippen LogP contribution in [-0.2, 0) is 0 Å². The minimum absolute atomic E-state index is 0.600. The topological polar surface area (TPSA) is 63.8 Å². The summed E-state index contributed by atoms with van der Waals surface area (Å²) in [7, 11) is 0. The Kier molecular flexibility index (Phi) is 2.94. The molecule has 0 spiro atoms. The lowest BCUT2D eigenvalue weighted by Crippen LogP contribution is -2.08. The van der Waals surface area contributed by atoms with Crippen molar-refractivity contribution in [2.75, 3.05) is 5.43 Å². The first-order valence-corrected chi connectivity index (χ1v) is 5.14. The highest BCUT2D eigenvalue weighted by atomic mass is 79.9. The van der Waals surface area contributed by atoms with Gasteiger partial charge in [0.15, 0.2) is 5.82 Å². The van der Waals surface area contributed by atoms with E-state index in [1.54, 1.807) is 12.3 Å². The van der Waals surface area contributed by atoms with Crippen LogP contribution in [0.1, 0.15) is 0 Å². The van der Waals surface area contributed by atoms with Gasteiger partial charge in [0, 0.05) is 22.3 Å². The number of rotatable bonds is 2. The molecule has 0 radical (unpaired) electrons. The normalized spacial score (nSPS) is 10.0. The van der Waals surface area contributed by atoms with Crippen LogP contribution >= 0.6 is 15.9 Å². The SMILES string of the molecule is NNc1ccnc(-c2ccc(Br)cc2)n1. The number of hydrogen-bond acceptors (Lipinski definition) is 4. The lowest BCUT2D eigenvalue weighted by atomic mass is 10.2. The molecule has 1 heterocycles. The van der Waals surface area contributed by atoms with E-state index in [2.05, 4.69) is 31.3 Å². The molecular formula is C10H9BrN4. The van der Waals surface area contributed by atoms with Gasteiger partial charge in [-0.1, -0.05) is 28.1 Å². The molecule has 0 unspecified atom stereocenters. The van der Waals surface area contributed by atoms with E-state index in [4.69, 9.17) is 5.84 Å². The van der Waals surface area contributed by atoms with E-state index in [-0.39, 0.29) is 0 Å². The van der Waals surface area contributed by atoms with Gasteiger partial charge in [-0.25, -0.2) is 15.8 Å². The summed E-state index contributed by atoms with van der Waals surface area (Å²) >= 11 is 3.37. The van der Waals surface area contributed by atoms with Crippen LogP contribution < -0.4 is 11.3 Å². The zero-order chi connectivity index (χ0) is 10.7. The highest BCUT2D eigenvalue weighted by Crippen LogP contribution is 2.18. The zero-order valence-electron chi connectivity index (χ0n) is 7.81. The minimum Gasteiger partial charge on any atom is -0.308 e. The first-order valence-electron chi connectivity index (χ1n) is 4.35. The first kappa shape index (κ1) is 10.1. The monoisotopic (exact) mass is 264 g/mol. The van der Waals surface area contributed by atoms with Gasteiger partial charge in [0.25, 0.3) is 0 Å². The highest BCUT2D eigenvalue weighted by molar-refractivity contribution is 9.10. The maximum absolute atomic E-state index is 5.27. The van der Waals surface area contributed by atoms with E-state index in [1.165, 1.54) is 0 Å². The van der Waals surface area contributed by atoms with E-state index >= 15 is 0 Å². The molecule has 0 fully saturated rings. The molecule has 0 aliphatic rings. The second kappa shape index (κ2) is 4.37. The highest BCUT2D eigenvalue weighted by Gasteiger charge is 2.01. The van der Waals surface area contributed by atoms with Crippen molar-refractivity contribution in [3.63, 3.8) is 0 Å². The fraction of sp³-hybridized carbons (Fsp3) is 0. The van der Waals surface area contributed by atoms with Crippen LogP contribution in [0.5, 0.6) is 0 Å². The molecule has 2 rings (SSSR count). The zero-order valence-corrected chi connectivity index (χ0v) is 9.40.